The Morgan fingerprint density at radius 3 is 2.09 bits per heavy atom. The molecule has 1 N–H and O–H groups in total. The largest absolute Gasteiger partial charge is 0.497 e. The number of nitrogens with zero attached hydrogens (tertiary/aromatic N) is 2. The minimum Gasteiger partial charge on any atom is -0.497 e. The number of sulfonamides is 1. The summed E-state index contributed by atoms with van der Waals surface area (Å²) in [5.74, 6) is -0.517. The summed E-state index contributed by atoms with van der Waals surface area (Å²) in [7, 11) is 0.00588. The third-order valence-electron chi connectivity index (χ3n) is 7.12. The first-order valence-electron chi connectivity index (χ1n) is 13.9. The summed E-state index contributed by atoms with van der Waals surface area (Å²) in [4.78, 5) is 29.2. The lowest BCUT2D eigenvalue weighted by atomic mass is 10.0. The number of carbonyl (C=O) groups excluding carboxylic acids is 2. The van der Waals surface area contributed by atoms with E-state index in [0.29, 0.717) is 16.3 Å². The molecule has 9 nitrogen and oxygen atoms in total. The highest BCUT2D eigenvalue weighted by Gasteiger charge is 2.35. The summed E-state index contributed by atoms with van der Waals surface area (Å²) >= 11 is 12.5. The second-order valence-corrected chi connectivity index (χ2v) is 12.6. The van der Waals surface area contributed by atoms with Gasteiger partial charge < -0.3 is 19.7 Å². The van der Waals surface area contributed by atoms with Gasteiger partial charge in [0.15, 0.2) is 0 Å². The number of carbonyl (C=O) groups is 2. The van der Waals surface area contributed by atoms with Crippen LogP contribution in [0.3, 0.4) is 0 Å². The zero-order valence-corrected chi connectivity index (χ0v) is 27.3. The van der Waals surface area contributed by atoms with E-state index >= 15 is 0 Å². The molecule has 0 unspecified atom stereocenters. The molecule has 236 valence electrons. The molecular weight excluding hydrogens is 637 g/mol. The monoisotopic (exact) mass is 669 g/mol. The number of benzene rings is 4. The van der Waals surface area contributed by atoms with E-state index < -0.39 is 34.4 Å². The second kappa shape index (κ2) is 15.2. The SMILES string of the molecule is CNC(=O)[C@@H](Cc1ccccc1)N(Cc1ccc(Cl)c(Cl)c1)C(=O)CN(c1cc(OC)ccc1OC)S(=O)(=O)c1ccccc1. The average Bonchev–Trinajstić information content (AvgIpc) is 3.06. The lowest BCUT2D eigenvalue weighted by Crippen LogP contribution is -2.53. The molecule has 0 aromatic heterocycles. The molecule has 12 heteroatoms. The number of nitrogens with one attached hydrogen (secondary N) is 1. The van der Waals surface area contributed by atoms with Gasteiger partial charge in [-0.2, -0.15) is 0 Å². The fourth-order valence-corrected chi connectivity index (χ4v) is 6.54. The highest BCUT2D eigenvalue weighted by atomic mass is 35.5. The van der Waals surface area contributed by atoms with Gasteiger partial charge in [-0.1, -0.05) is 77.8 Å². The third kappa shape index (κ3) is 8.08. The molecule has 4 aromatic rings. The smallest absolute Gasteiger partial charge is 0.264 e. The highest BCUT2D eigenvalue weighted by molar-refractivity contribution is 7.92. The lowest BCUT2D eigenvalue weighted by Gasteiger charge is -2.34. The molecule has 0 heterocycles. The summed E-state index contributed by atoms with van der Waals surface area (Å²) in [5.41, 5.74) is 1.49. The summed E-state index contributed by atoms with van der Waals surface area (Å²) in [6.07, 6.45) is 0.168. The van der Waals surface area contributed by atoms with E-state index in [1.165, 1.54) is 44.4 Å². The van der Waals surface area contributed by atoms with Crippen LogP contribution in [0.25, 0.3) is 0 Å². The minimum atomic E-state index is -4.32. The van der Waals surface area contributed by atoms with Gasteiger partial charge in [-0.05, 0) is 47.5 Å². The van der Waals surface area contributed by atoms with E-state index in [4.69, 9.17) is 32.7 Å². The van der Waals surface area contributed by atoms with Crippen LogP contribution in [0, 0.1) is 0 Å². The van der Waals surface area contributed by atoms with Crippen molar-refractivity contribution in [3.8, 4) is 11.5 Å². The predicted molar refractivity (Wildman–Crippen MR) is 176 cm³/mol. The number of anilines is 1. The van der Waals surface area contributed by atoms with Gasteiger partial charge in [-0.3, -0.25) is 13.9 Å². The summed E-state index contributed by atoms with van der Waals surface area (Å²) in [6.45, 7) is -0.723. The topological polar surface area (TPSA) is 105 Å². The Labute approximate surface area is 273 Å². The van der Waals surface area contributed by atoms with Gasteiger partial charge in [0.05, 0.1) is 34.8 Å². The first-order valence-corrected chi connectivity index (χ1v) is 16.1. The molecule has 0 fully saturated rings. The number of hydrogen-bond donors (Lipinski definition) is 1. The minimum absolute atomic E-state index is 0.0363. The molecule has 0 bridgehead atoms. The first kappa shape index (κ1) is 33.6. The molecule has 0 aliphatic heterocycles. The Hall–Kier alpha value is -4.25. The molecule has 0 radical (unpaired) electrons. The third-order valence-corrected chi connectivity index (χ3v) is 9.63. The zero-order chi connectivity index (χ0) is 32.6. The molecule has 4 aromatic carbocycles. The van der Waals surface area contributed by atoms with Crippen LogP contribution >= 0.6 is 23.2 Å². The quantitative estimate of drug-likeness (QED) is 0.199. The molecule has 2 amide bonds. The Bertz CT molecular complexity index is 1740. The first-order chi connectivity index (χ1) is 21.6. The number of rotatable bonds is 13. The Kier molecular flexibility index (Phi) is 11.3. The van der Waals surface area contributed by atoms with Crippen LogP contribution in [0.1, 0.15) is 11.1 Å². The van der Waals surface area contributed by atoms with E-state index in [-0.39, 0.29) is 34.3 Å². The van der Waals surface area contributed by atoms with Crippen molar-refractivity contribution in [3.05, 3.63) is 118 Å². The molecule has 0 saturated heterocycles. The average molecular weight is 671 g/mol. The molecule has 1 atom stereocenters. The van der Waals surface area contributed by atoms with Crippen molar-refractivity contribution < 1.29 is 27.5 Å². The Balaban J connectivity index is 1.85. The standard InChI is InChI=1S/C33H33Cl2N3O6S/c1-36-33(40)30(19-23-10-6-4-7-11-23)37(21-24-14-16-27(34)28(35)18-24)32(39)22-38(45(41,42)26-12-8-5-9-13-26)29-20-25(43-2)15-17-31(29)44-3/h4-18,20,30H,19,21-22H2,1-3H3,(H,36,40)/t30-/m1/s1. The second-order valence-electron chi connectivity index (χ2n) is 9.95. The molecular formula is C33H33Cl2N3O6S. The van der Waals surface area contributed by atoms with E-state index in [1.807, 2.05) is 30.3 Å². The van der Waals surface area contributed by atoms with Crippen molar-refractivity contribution in [3.63, 3.8) is 0 Å². The highest BCUT2D eigenvalue weighted by Crippen LogP contribution is 2.36. The maximum absolute atomic E-state index is 14.5. The fourth-order valence-electron chi connectivity index (χ4n) is 4.78. The van der Waals surface area contributed by atoms with Crippen LogP contribution in [0.5, 0.6) is 11.5 Å². The van der Waals surface area contributed by atoms with Crippen molar-refractivity contribution in [2.24, 2.45) is 0 Å². The van der Waals surface area contributed by atoms with Crippen molar-refractivity contribution >= 4 is 50.7 Å². The van der Waals surface area contributed by atoms with Crippen LogP contribution in [-0.4, -0.2) is 59.0 Å². The summed E-state index contributed by atoms with van der Waals surface area (Å²) < 4.78 is 40.3. The van der Waals surface area contributed by atoms with Crippen molar-refractivity contribution in [2.45, 2.75) is 23.9 Å². The molecule has 0 spiro atoms. The Morgan fingerprint density at radius 2 is 1.49 bits per heavy atom. The van der Waals surface area contributed by atoms with Gasteiger partial charge in [0.1, 0.15) is 24.1 Å². The van der Waals surface area contributed by atoms with Gasteiger partial charge in [0.25, 0.3) is 10.0 Å². The molecule has 0 aliphatic rings. The number of hydrogen-bond acceptors (Lipinski definition) is 6. The molecule has 45 heavy (non-hydrogen) atoms. The van der Waals surface area contributed by atoms with E-state index in [0.717, 1.165) is 9.87 Å². The van der Waals surface area contributed by atoms with Crippen molar-refractivity contribution in [1.82, 2.24) is 10.2 Å². The van der Waals surface area contributed by atoms with E-state index in [9.17, 15) is 18.0 Å². The molecule has 0 aliphatic carbocycles. The van der Waals surface area contributed by atoms with Crippen LogP contribution in [0.4, 0.5) is 5.69 Å². The summed E-state index contributed by atoms with van der Waals surface area (Å²) in [6, 6.07) is 25.5. The maximum Gasteiger partial charge on any atom is 0.264 e. The van der Waals surface area contributed by atoms with Crippen molar-refractivity contribution in [2.75, 3.05) is 32.1 Å². The van der Waals surface area contributed by atoms with Gasteiger partial charge in [0.2, 0.25) is 11.8 Å². The number of methoxy groups -OCH3 is 2. The number of amides is 2. The van der Waals surface area contributed by atoms with Crippen LogP contribution in [0.15, 0.2) is 102 Å². The van der Waals surface area contributed by atoms with Crippen molar-refractivity contribution in [1.29, 1.82) is 0 Å². The molecule has 4 rings (SSSR count). The predicted octanol–water partition coefficient (Wildman–Crippen LogP) is 5.59. The van der Waals surface area contributed by atoms with Crippen LogP contribution in [-0.2, 0) is 32.6 Å². The van der Waals surface area contributed by atoms with Gasteiger partial charge in [-0.25, -0.2) is 8.42 Å². The fraction of sp³-hybridized carbons (Fsp3) is 0.212. The lowest BCUT2D eigenvalue weighted by molar-refractivity contribution is -0.139. The van der Waals surface area contributed by atoms with Crippen LogP contribution < -0.4 is 19.1 Å². The normalized spacial score (nSPS) is 11.8. The van der Waals surface area contributed by atoms with E-state index in [1.54, 1.807) is 48.5 Å². The summed E-state index contributed by atoms with van der Waals surface area (Å²) in [5, 5.41) is 3.26. The van der Waals surface area contributed by atoms with Gasteiger partial charge in [0, 0.05) is 26.1 Å². The van der Waals surface area contributed by atoms with Crippen LogP contribution in [0.2, 0.25) is 10.0 Å². The van der Waals surface area contributed by atoms with Gasteiger partial charge >= 0.3 is 0 Å². The number of likely N-dealkylation sites (N-methyl/N-ethyl adjacent to an activating group) is 1. The van der Waals surface area contributed by atoms with E-state index in [2.05, 4.69) is 5.32 Å². The maximum atomic E-state index is 14.5. The van der Waals surface area contributed by atoms with Gasteiger partial charge in [-0.15, -0.1) is 0 Å². The number of halogens is 2. The molecule has 0 saturated carbocycles. The number of ether oxygens (including phenoxy) is 2. The Morgan fingerprint density at radius 1 is 0.822 bits per heavy atom. The zero-order valence-electron chi connectivity index (χ0n) is 24.9.